The summed E-state index contributed by atoms with van der Waals surface area (Å²) in [4.78, 5) is 11.3. The van der Waals surface area contributed by atoms with E-state index in [1.165, 1.54) is 0 Å². The average Bonchev–Trinajstić information content (AvgIpc) is 2.06. The van der Waals surface area contributed by atoms with Crippen LogP contribution in [0.4, 0.5) is 0 Å². The van der Waals surface area contributed by atoms with Crippen molar-refractivity contribution in [2.45, 2.75) is 26.7 Å². The van der Waals surface area contributed by atoms with Crippen LogP contribution in [0.5, 0.6) is 0 Å². The Labute approximate surface area is 74.7 Å². The second kappa shape index (κ2) is 4.61. The highest BCUT2D eigenvalue weighted by atomic mass is 16.1. The summed E-state index contributed by atoms with van der Waals surface area (Å²) >= 11 is 0. The maximum Gasteiger partial charge on any atom is 0.139 e. The summed E-state index contributed by atoms with van der Waals surface area (Å²) in [5.74, 6) is 1.00. The molecule has 2 heteroatoms. The van der Waals surface area contributed by atoms with Gasteiger partial charge in [-0.3, -0.25) is 4.79 Å². The maximum absolute atomic E-state index is 11.3. The smallest absolute Gasteiger partial charge is 0.139 e. The third-order valence-electron chi connectivity index (χ3n) is 2.35. The fraction of sp³-hybridized carbons (Fsp3) is 0.800. The molecule has 0 saturated carbocycles. The molecule has 1 aliphatic rings. The lowest BCUT2D eigenvalue weighted by molar-refractivity contribution is -0.119. The minimum absolute atomic E-state index is 0.167. The summed E-state index contributed by atoms with van der Waals surface area (Å²) in [6, 6.07) is 0. The van der Waals surface area contributed by atoms with E-state index < -0.39 is 0 Å². The van der Waals surface area contributed by atoms with E-state index in [4.69, 9.17) is 0 Å². The maximum atomic E-state index is 11.3. The first-order chi connectivity index (χ1) is 5.70. The van der Waals surface area contributed by atoms with Crippen LogP contribution in [0.2, 0.25) is 0 Å². The van der Waals surface area contributed by atoms with Crippen molar-refractivity contribution < 1.29 is 4.79 Å². The van der Waals surface area contributed by atoms with Crippen LogP contribution in [0.1, 0.15) is 26.7 Å². The van der Waals surface area contributed by atoms with Crippen molar-refractivity contribution in [3.8, 4) is 0 Å². The molecule has 0 amide bonds. The Morgan fingerprint density at radius 2 is 2.00 bits per heavy atom. The molecule has 0 spiro atoms. The number of Topliss-reactive ketones (excluding diaryl/α,β-unsaturated/α-hetero) is 1. The van der Waals surface area contributed by atoms with E-state index in [-0.39, 0.29) is 5.92 Å². The topological polar surface area (TPSA) is 29.1 Å². The summed E-state index contributed by atoms with van der Waals surface area (Å²) in [5, 5.41) is 3.29. The standard InChI is InChI=1S/C10H18NO/c1-8(2)10(12)7-9-3-5-11-6-4-9/h7-9,11H,3-6H2,1-2H3. The molecule has 0 atom stereocenters. The number of nitrogens with one attached hydrogen (secondary N) is 1. The number of ketones is 1. The second-order valence-corrected chi connectivity index (χ2v) is 3.81. The van der Waals surface area contributed by atoms with E-state index in [1.807, 2.05) is 20.3 Å². The molecule has 1 heterocycles. The zero-order chi connectivity index (χ0) is 8.97. The van der Waals surface area contributed by atoms with Crippen molar-refractivity contribution >= 4 is 5.78 Å². The number of carbonyl (C=O) groups is 1. The van der Waals surface area contributed by atoms with E-state index in [0.717, 1.165) is 25.9 Å². The molecule has 0 bridgehead atoms. The Morgan fingerprint density at radius 1 is 1.42 bits per heavy atom. The van der Waals surface area contributed by atoms with Gasteiger partial charge in [0.05, 0.1) is 0 Å². The van der Waals surface area contributed by atoms with Gasteiger partial charge >= 0.3 is 0 Å². The van der Waals surface area contributed by atoms with Gasteiger partial charge in [-0.2, -0.15) is 0 Å². The van der Waals surface area contributed by atoms with Crippen LogP contribution in [0.3, 0.4) is 0 Å². The van der Waals surface area contributed by atoms with E-state index in [2.05, 4.69) is 5.32 Å². The zero-order valence-corrected chi connectivity index (χ0v) is 7.97. The van der Waals surface area contributed by atoms with Gasteiger partial charge in [-0.15, -0.1) is 0 Å². The molecule has 1 aliphatic heterocycles. The molecule has 1 N–H and O–H groups in total. The molecular weight excluding hydrogens is 150 g/mol. The van der Waals surface area contributed by atoms with Crippen LogP contribution in [0, 0.1) is 18.3 Å². The van der Waals surface area contributed by atoms with Gasteiger partial charge in [-0.25, -0.2) is 0 Å². The van der Waals surface area contributed by atoms with Crippen LogP contribution < -0.4 is 5.32 Å². The number of hydrogen-bond acceptors (Lipinski definition) is 2. The second-order valence-electron chi connectivity index (χ2n) is 3.81. The summed E-state index contributed by atoms with van der Waals surface area (Å²) in [5.41, 5.74) is 0. The van der Waals surface area contributed by atoms with Gasteiger partial charge in [-0.1, -0.05) is 13.8 Å². The first-order valence-corrected chi connectivity index (χ1v) is 4.79. The fourth-order valence-corrected chi connectivity index (χ4v) is 1.44. The molecule has 0 aromatic rings. The Morgan fingerprint density at radius 3 is 2.50 bits per heavy atom. The molecule has 1 fully saturated rings. The van der Waals surface area contributed by atoms with Crippen LogP contribution in [-0.4, -0.2) is 18.9 Å². The normalized spacial score (nSPS) is 19.9. The quantitative estimate of drug-likeness (QED) is 0.690. The highest BCUT2D eigenvalue weighted by molar-refractivity contribution is 5.88. The molecule has 0 aromatic heterocycles. The molecule has 1 saturated heterocycles. The van der Waals surface area contributed by atoms with Crippen molar-refractivity contribution in [3.05, 3.63) is 6.42 Å². The van der Waals surface area contributed by atoms with E-state index in [1.54, 1.807) is 0 Å². The Kier molecular flexibility index (Phi) is 3.73. The van der Waals surface area contributed by atoms with Crippen LogP contribution >= 0.6 is 0 Å². The van der Waals surface area contributed by atoms with Gasteiger partial charge in [-0.05, 0) is 31.8 Å². The number of hydrogen-bond donors (Lipinski definition) is 1. The predicted molar refractivity (Wildman–Crippen MR) is 49.7 cm³/mol. The first-order valence-electron chi connectivity index (χ1n) is 4.79. The lowest BCUT2D eigenvalue weighted by atomic mass is 9.90. The van der Waals surface area contributed by atoms with Gasteiger partial charge < -0.3 is 5.32 Å². The molecule has 69 valence electrons. The van der Waals surface area contributed by atoms with E-state index in [9.17, 15) is 4.79 Å². The van der Waals surface area contributed by atoms with Gasteiger partial charge in [0.25, 0.3) is 0 Å². The largest absolute Gasteiger partial charge is 0.317 e. The monoisotopic (exact) mass is 168 g/mol. The minimum Gasteiger partial charge on any atom is -0.317 e. The SMILES string of the molecule is CC(C)C(=O)[CH]C1CCNCC1. The molecule has 12 heavy (non-hydrogen) atoms. The summed E-state index contributed by atoms with van der Waals surface area (Å²) in [7, 11) is 0. The Bertz CT molecular complexity index is 148. The average molecular weight is 168 g/mol. The van der Waals surface area contributed by atoms with Crippen molar-refractivity contribution in [1.29, 1.82) is 0 Å². The van der Waals surface area contributed by atoms with Gasteiger partial charge in [0, 0.05) is 12.3 Å². The van der Waals surface area contributed by atoms with Crippen LogP contribution in [0.25, 0.3) is 0 Å². The number of carbonyl (C=O) groups excluding carboxylic acids is 1. The van der Waals surface area contributed by atoms with E-state index >= 15 is 0 Å². The van der Waals surface area contributed by atoms with Crippen molar-refractivity contribution in [1.82, 2.24) is 5.32 Å². The lowest BCUT2D eigenvalue weighted by Gasteiger charge is -2.22. The third kappa shape index (κ3) is 2.94. The van der Waals surface area contributed by atoms with Crippen LogP contribution in [0.15, 0.2) is 0 Å². The lowest BCUT2D eigenvalue weighted by Crippen LogP contribution is -2.29. The van der Waals surface area contributed by atoms with Crippen molar-refractivity contribution in [2.24, 2.45) is 11.8 Å². The minimum atomic E-state index is 0.167. The Balaban J connectivity index is 2.24. The van der Waals surface area contributed by atoms with Crippen molar-refractivity contribution in [2.75, 3.05) is 13.1 Å². The van der Waals surface area contributed by atoms with Gasteiger partial charge in [0.2, 0.25) is 0 Å². The highest BCUT2D eigenvalue weighted by Gasteiger charge is 2.18. The zero-order valence-electron chi connectivity index (χ0n) is 7.97. The van der Waals surface area contributed by atoms with Gasteiger partial charge in [0.1, 0.15) is 5.78 Å². The summed E-state index contributed by atoms with van der Waals surface area (Å²) in [6.45, 7) is 6.04. The summed E-state index contributed by atoms with van der Waals surface area (Å²) in [6.07, 6.45) is 4.17. The molecule has 0 aliphatic carbocycles. The fourth-order valence-electron chi connectivity index (χ4n) is 1.44. The highest BCUT2D eigenvalue weighted by Crippen LogP contribution is 2.17. The molecule has 0 unspecified atom stereocenters. The Hall–Kier alpha value is -0.370. The molecule has 2 nitrogen and oxygen atoms in total. The summed E-state index contributed by atoms with van der Waals surface area (Å²) < 4.78 is 0. The molecule has 1 radical (unpaired) electrons. The van der Waals surface area contributed by atoms with Gasteiger partial charge in [0.15, 0.2) is 0 Å². The molecule has 1 rings (SSSR count). The predicted octanol–water partition coefficient (Wildman–Crippen LogP) is 1.42. The first kappa shape index (κ1) is 9.72. The number of piperidine rings is 1. The number of rotatable bonds is 3. The van der Waals surface area contributed by atoms with Crippen LogP contribution in [-0.2, 0) is 4.79 Å². The van der Waals surface area contributed by atoms with Crippen molar-refractivity contribution in [3.63, 3.8) is 0 Å². The third-order valence-corrected chi connectivity index (χ3v) is 2.35. The molecule has 0 aromatic carbocycles. The molecular formula is C10H18NO. The van der Waals surface area contributed by atoms with E-state index in [0.29, 0.717) is 11.7 Å².